The number of nitrogens with two attached hydrogens (primary N) is 1. The normalized spacial score (nSPS) is 46.8. The summed E-state index contributed by atoms with van der Waals surface area (Å²) < 4.78 is 0. The van der Waals surface area contributed by atoms with Gasteiger partial charge in [-0.25, -0.2) is 0 Å². The standard InChI is InChI=1S/C28H47N/c1-18(2)19(3)7-8-20(4)24-11-12-25-23-10-9-21-17-22(29)13-15-27(21,5)26(23)14-16-28(24,25)6/h7-9,18-20,22-26H,10-17,29H2,1-6H3/b8-7+. The van der Waals surface area contributed by atoms with Crippen molar-refractivity contribution in [3.63, 3.8) is 0 Å². The average Bonchev–Trinajstić information content (AvgIpc) is 3.03. The fourth-order valence-electron chi connectivity index (χ4n) is 8.30. The molecule has 1 heteroatoms. The summed E-state index contributed by atoms with van der Waals surface area (Å²) in [5.41, 5.74) is 9.09. The second-order valence-electron chi connectivity index (χ2n) is 12.3. The first-order chi connectivity index (χ1) is 13.7. The van der Waals surface area contributed by atoms with E-state index in [1.165, 1.54) is 51.4 Å². The fourth-order valence-corrected chi connectivity index (χ4v) is 8.30. The van der Waals surface area contributed by atoms with Crippen LogP contribution in [0.4, 0.5) is 0 Å². The van der Waals surface area contributed by atoms with E-state index in [2.05, 4.69) is 59.8 Å². The van der Waals surface area contributed by atoms with Crippen molar-refractivity contribution in [2.75, 3.05) is 0 Å². The van der Waals surface area contributed by atoms with Gasteiger partial charge in [0.1, 0.15) is 0 Å². The van der Waals surface area contributed by atoms with Gasteiger partial charge in [0.15, 0.2) is 0 Å². The Hall–Kier alpha value is -0.560. The van der Waals surface area contributed by atoms with Gasteiger partial charge in [-0.15, -0.1) is 0 Å². The fraction of sp³-hybridized carbons (Fsp3) is 0.857. The second-order valence-corrected chi connectivity index (χ2v) is 12.3. The summed E-state index contributed by atoms with van der Waals surface area (Å²) in [6.07, 6.45) is 18.7. The maximum Gasteiger partial charge on any atom is 0.00766 e. The number of hydrogen-bond acceptors (Lipinski definition) is 1. The zero-order valence-corrected chi connectivity index (χ0v) is 20.1. The molecule has 0 aromatic carbocycles. The van der Waals surface area contributed by atoms with E-state index in [0.29, 0.717) is 22.8 Å². The van der Waals surface area contributed by atoms with Crippen molar-refractivity contribution in [1.82, 2.24) is 0 Å². The van der Waals surface area contributed by atoms with Crippen LogP contribution in [0.5, 0.6) is 0 Å². The van der Waals surface area contributed by atoms with Gasteiger partial charge in [-0.1, -0.05) is 65.3 Å². The molecule has 2 N–H and O–H groups in total. The third kappa shape index (κ3) is 3.58. The van der Waals surface area contributed by atoms with Gasteiger partial charge in [-0.2, -0.15) is 0 Å². The van der Waals surface area contributed by atoms with E-state index in [4.69, 9.17) is 5.73 Å². The predicted molar refractivity (Wildman–Crippen MR) is 125 cm³/mol. The molecular formula is C28H47N. The molecule has 0 spiro atoms. The Morgan fingerprint density at radius 2 is 1.72 bits per heavy atom. The lowest BCUT2D eigenvalue weighted by Gasteiger charge is -2.58. The quantitative estimate of drug-likeness (QED) is 0.492. The Balaban J connectivity index is 1.53. The molecule has 29 heavy (non-hydrogen) atoms. The Kier molecular flexibility index (Phi) is 5.86. The molecule has 0 bridgehead atoms. The Morgan fingerprint density at radius 1 is 0.966 bits per heavy atom. The van der Waals surface area contributed by atoms with Crippen LogP contribution < -0.4 is 5.73 Å². The van der Waals surface area contributed by atoms with E-state index in [-0.39, 0.29) is 0 Å². The van der Waals surface area contributed by atoms with Crippen LogP contribution in [0.25, 0.3) is 0 Å². The molecule has 1 nitrogen and oxygen atoms in total. The number of hydrogen-bond donors (Lipinski definition) is 1. The van der Waals surface area contributed by atoms with Crippen molar-refractivity contribution in [2.24, 2.45) is 58.0 Å². The molecule has 9 unspecified atom stereocenters. The average molecular weight is 398 g/mol. The number of fused-ring (bicyclic) bond motifs is 5. The summed E-state index contributed by atoms with van der Waals surface area (Å²) in [6, 6.07) is 0.413. The van der Waals surface area contributed by atoms with Crippen molar-refractivity contribution in [2.45, 2.75) is 99.0 Å². The number of rotatable bonds is 4. The molecule has 0 saturated heterocycles. The topological polar surface area (TPSA) is 26.0 Å². The van der Waals surface area contributed by atoms with Crippen LogP contribution >= 0.6 is 0 Å². The third-order valence-electron chi connectivity index (χ3n) is 10.6. The molecule has 0 aliphatic heterocycles. The van der Waals surface area contributed by atoms with E-state index in [9.17, 15) is 0 Å². The van der Waals surface area contributed by atoms with Gasteiger partial charge in [-0.05, 0) is 104 Å². The zero-order valence-electron chi connectivity index (χ0n) is 20.1. The van der Waals surface area contributed by atoms with Crippen LogP contribution in [0.3, 0.4) is 0 Å². The lowest BCUT2D eigenvalue weighted by atomic mass is 9.47. The highest BCUT2D eigenvalue weighted by atomic mass is 14.7. The van der Waals surface area contributed by atoms with E-state index < -0.39 is 0 Å². The minimum absolute atomic E-state index is 0.413. The van der Waals surface area contributed by atoms with Crippen LogP contribution in [-0.4, -0.2) is 6.04 Å². The lowest BCUT2D eigenvalue weighted by Crippen LogP contribution is -2.51. The molecule has 0 radical (unpaired) electrons. The van der Waals surface area contributed by atoms with Crippen molar-refractivity contribution in [3.05, 3.63) is 23.8 Å². The molecule has 4 rings (SSSR count). The van der Waals surface area contributed by atoms with Crippen LogP contribution in [0.15, 0.2) is 23.8 Å². The Bertz CT molecular complexity index is 659. The number of allylic oxidation sites excluding steroid dienone is 3. The predicted octanol–water partition coefficient (Wildman–Crippen LogP) is 7.38. The molecule has 3 fully saturated rings. The summed E-state index contributed by atoms with van der Waals surface area (Å²) in [7, 11) is 0. The summed E-state index contributed by atoms with van der Waals surface area (Å²) in [6.45, 7) is 14.9. The molecule has 4 aliphatic carbocycles. The molecule has 164 valence electrons. The Morgan fingerprint density at radius 3 is 2.45 bits per heavy atom. The summed E-state index contributed by atoms with van der Waals surface area (Å²) in [4.78, 5) is 0. The van der Waals surface area contributed by atoms with Gasteiger partial charge in [0.2, 0.25) is 0 Å². The molecule has 3 saturated carbocycles. The van der Waals surface area contributed by atoms with E-state index in [1.54, 1.807) is 5.57 Å². The summed E-state index contributed by atoms with van der Waals surface area (Å²) >= 11 is 0. The lowest BCUT2D eigenvalue weighted by molar-refractivity contribution is -0.0471. The van der Waals surface area contributed by atoms with Crippen molar-refractivity contribution in [3.8, 4) is 0 Å². The van der Waals surface area contributed by atoms with Crippen molar-refractivity contribution >= 4 is 0 Å². The third-order valence-corrected chi connectivity index (χ3v) is 10.6. The summed E-state index contributed by atoms with van der Waals surface area (Å²) in [5.74, 6) is 5.81. The van der Waals surface area contributed by atoms with Crippen LogP contribution in [0.2, 0.25) is 0 Å². The van der Waals surface area contributed by atoms with E-state index in [0.717, 1.165) is 35.5 Å². The van der Waals surface area contributed by atoms with Gasteiger partial charge < -0.3 is 5.73 Å². The Labute approximate surface area is 181 Å². The smallest absolute Gasteiger partial charge is 0.00766 e. The highest BCUT2D eigenvalue weighted by Gasteiger charge is 2.58. The molecule has 4 aliphatic rings. The second kappa shape index (κ2) is 7.85. The van der Waals surface area contributed by atoms with Gasteiger partial charge in [0.05, 0.1) is 0 Å². The molecule has 0 heterocycles. The van der Waals surface area contributed by atoms with Gasteiger partial charge >= 0.3 is 0 Å². The van der Waals surface area contributed by atoms with E-state index >= 15 is 0 Å². The zero-order chi connectivity index (χ0) is 21.0. The molecule has 0 aromatic heterocycles. The SMILES string of the molecule is CC(C)C(C)/C=C/C(C)C1CCC2C3CC=C4CC(N)CCC4(C)C3CCC12C. The van der Waals surface area contributed by atoms with Gasteiger partial charge in [-0.3, -0.25) is 0 Å². The summed E-state index contributed by atoms with van der Waals surface area (Å²) in [5, 5.41) is 0. The van der Waals surface area contributed by atoms with E-state index in [1.807, 2.05) is 0 Å². The van der Waals surface area contributed by atoms with Gasteiger partial charge in [0, 0.05) is 6.04 Å². The first-order valence-electron chi connectivity index (χ1n) is 12.8. The molecule has 0 aromatic rings. The minimum Gasteiger partial charge on any atom is -0.327 e. The first-order valence-corrected chi connectivity index (χ1v) is 12.8. The minimum atomic E-state index is 0.413. The van der Waals surface area contributed by atoms with Crippen molar-refractivity contribution in [1.29, 1.82) is 0 Å². The van der Waals surface area contributed by atoms with Crippen LogP contribution in [-0.2, 0) is 0 Å². The van der Waals surface area contributed by atoms with Gasteiger partial charge in [0.25, 0.3) is 0 Å². The molecular weight excluding hydrogens is 350 g/mol. The van der Waals surface area contributed by atoms with Crippen LogP contribution in [0, 0.1) is 52.3 Å². The van der Waals surface area contributed by atoms with Crippen LogP contribution in [0.1, 0.15) is 92.9 Å². The maximum atomic E-state index is 6.35. The maximum absolute atomic E-state index is 6.35. The highest BCUT2D eigenvalue weighted by molar-refractivity contribution is 5.26. The molecule has 9 atom stereocenters. The molecule has 0 amide bonds. The monoisotopic (exact) mass is 397 g/mol. The van der Waals surface area contributed by atoms with Crippen molar-refractivity contribution < 1.29 is 0 Å². The largest absolute Gasteiger partial charge is 0.327 e. The first kappa shape index (κ1) is 21.7. The highest BCUT2D eigenvalue weighted by Crippen LogP contribution is 2.67.